The third kappa shape index (κ3) is 7.86. The molecular formula is C19H31N3O6S2. The number of primary amides is 1. The minimum atomic E-state index is -3.65. The molecule has 1 fully saturated rings. The fourth-order valence-electron chi connectivity index (χ4n) is 3.23. The monoisotopic (exact) mass is 461 g/mol. The minimum Gasteiger partial charge on any atom is -0.493 e. The highest BCUT2D eigenvalue weighted by molar-refractivity contribution is 7.91. The van der Waals surface area contributed by atoms with Crippen LogP contribution in [0.15, 0.2) is 29.2 Å². The van der Waals surface area contributed by atoms with Gasteiger partial charge in [0, 0.05) is 18.8 Å². The second-order valence-electron chi connectivity index (χ2n) is 7.35. The zero-order valence-electron chi connectivity index (χ0n) is 17.2. The third-order valence-corrected chi connectivity index (χ3v) is 8.23. The van der Waals surface area contributed by atoms with E-state index in [1.165, 1.54) is 24.3 Å². The Morgan fingerprint density at radius 1 is 1.23 bits per heavy atom. The smallest absolute Gasteiger partial charge is 0.240 e. The molecule has 1 aromatic carbocycles. The van der Waals surface area contributed by atoms with E-state index in [-0.39, 0.29) is 41.4 Å². The molecule has 1 unspecified atom stereocenters. The number of sulfonamides is 1. The standard InChI is InChI=1S/C19H31N3O6S2/c1-2-29(24,25)14-13-28-17-6-8-18(9-7-17)30(26,27)21-10-4-12-22-11-3-5-16(15-22)19(20)23/h6-9,16,21H,2-5,10-15H2,1H3,(H2,20,23). The Balaban J connectivity index is 1.76. The van der Waals surface area contributed by atoms with Gasteiger partial charge in [0.15, 0.2) is 9.84 Å². The van der Waals surface area contributed by atoms with Gasteiger partial charge < -0.3 is 15.4 Å². The Labute approximate surface area is 178 Å². The normalized spacial score (nSPS) is 18.2. The number of nitrogens with two attached hydrogens (primary N) is 1. The summed E-state index contributed by atoms with van der Waals surface area (Å²) in [4.78, 5) is 13.6. The van der Waals surface area contributed by atoms with E-state index < -0.39 is 19.9 Å². The zero-order chi connectivity index (χ0) is 22.2. The highest BCUT2D eigenvalue weighted by Gasteiger charge is 2.23. The predicted octanol–water partition coefficient (Wildman–Crippen LogP) is 0.366. The number of amides is 1. The molecule has 0 bridgehead atoms. The van der Waals surface area contributed by atoms with Gasteiger partial charge in [-0.1, -0.05) is 6.92 Å². The Morgan fingerprint density at radius 3 is 2.57 bits per heavy atom. The van der Waals surface area contributed by atoms with Gasteiger partial charge in [-0.05, 0) is 56.6 Å². The molecule has 0 saturated carbocycles. The van der Waals surface area contributed by atoms with E-state index >= 15 is 0 Å². The van der Waals surface area contributed by atoms with E-state index in [4.69, 9.17) is 10.5 Å². The third-order valence-electron chi connectivity index (χ3n) is 5.09. The topological polar surface area (TPSA) is 136 Å². The maximum absolute atomic E-state index is 12.4. The van der Waals surface area contributed by atoms with E-state index in [0.29, 0.717) is 25.3 Å². The average Bonchev–Trinajstić information content (AvgIpc) is 2.72. The van der Waals surface area contributed by atoms with E-state index in [9.17, 15) is 21.6 Å². The lowest BCUT2D eigenvalue weighted by molar-refractivity contribution is -0.123. The molecule has 1 atom stereocenters. The fourth-order valence-corrected chi connectivity index (χ4v) is 4.93. The number of nitrogens with one attached hydrogen (secondary N) is 1. The Morgan fingerprint density at radius 2 is 1.93 bits per heavy atom. The Bertz CT molecular complexity index is 901. The van der Waals surface area contributed by atoms with Crippen LogP contribution in [0.3, 0.4) is 0 Å². The molecule has 0 spiro atoms. The summed E-state index contributed by atoms with van der Waals surface area (Å²) in [6.45, 7) is 4.09. The van der Waals surface area contributed by atoms with Crippen LogP contribution in [0.5, 0.6) is 5.75 Å². The maximum Gasteiger partial charge on any atom is 0.240 e. The van der Waals surface area contributed by atoms with Crippen molar-refractivity contribution < 1.29 is 26.4 Å². The number of carbonyl (C=O) groups excluding carboxylic acids is 1. The van der Waals surface area contributed by atoms with Gasteiger partial charge in [0.1, 0.15) is 12.4 Å². The first-order chi connectivity index (χ1) is 14.1. The van der Waals surface area contributed by atoms with Gasteiger partial charge in [0.2, 0.25) is 15.9 Å². The maximum atomic E-state index is 12.4. The number of ether oxygens (including phenoxy) is 1. The largest absolute Gasteiger partial charge is 0.493 e. The number of nitrogens with zero attached hydrogens (tertiary/aromatic N) is 1. The summed E-state index contributed by atoms with van der Waals surface area (Å²) >= 11 is 0. The summed E-state index contributed by atoms with van der Waals surface area (Å²) in [6.07, 6.45) is 2.35. The lowest BCUT2D eigenvalue weighted by Gasteiger charge is -2.31. The zero-order valence-corrected chi connectivity index (χ0v) is 18.9. The highest BCUT2D eigenvalue weighted by Crippen LogP contribution is 2.17. The Hall–Kier alpha value is -1.69. The lowest BCUT2D eigenvalue weighted by Crippen LogP contribution is -2.42. The summed E-state index contributed by atoms with van der Waals surface area (Å²) in [5, 5.41) is 0. The van der Waals surface area contributed by atoms with Crippen molar-refractivity contribution in [1.29, 1.82) is 0 Å². The van der Waals surface area contributed by atoms with Crippen molar-refractivity contribution in [3.63, 3.8) is 0 Å². The van der Waals surface area contributed by atoms with Crippen molar-refractivity contribution in [2.24, 2.45) is 11.7 Å². The van der Waals surface area contributed by atoms with Crippen LogP contribution in [-0.4, -0.2) is 71.9 Å². The lowest BCUT2D eigenvalue weighted by atomic mass is 9.97. The van der Waals surface area contributed by atoms with Crippen molar-refractivity contribution in [1.82, 2.24) is 9.62 Å². The van der Waals surface area contributed by atoms with E-state index in [2.05, 4.69) is 9.62 Å². The summed E-state index contributed by atoms with van der Waals surface area (Å²) in [7, 11) is -6.75. The number of rotatable bonds is 12. The number of piperidine rings is 1. The van der Waals surface area contributed by atoms with Crippen LogP contribution in [0.1, 0.15) is 26.2 Å². The van der Waals surface area contributed by atoms with Crippen LogP contribution in [-0.2, 0) is 24.7 Å². The molecule has 11 heteroatoms. The van der Waals surface area contributed by atoms with Crippen molar-refractivity contribution in [3.8, 4) is 5.75 Å². The Kier molecular flexibility index (Phi) is 9.08. The van der Waals surface area contributed by atoms with E-state index in [1.807, 2.05) is 0 Å². The fraction of sp³-hybridized carbons (Fsp3) is 0.632. The number of hydrogen-bond acceptors (Lipinski definition) is 7. The molecule has 0 aliphatic carbocycles. The molecule has 3 N–H and O–H groups in total. The predicted molar refractivity (Wildman–Crippen MR) is 114 cm³/mol. The van der Waals surface area contributed by atoms with E-state index in [0.717, 1.165) is 19.4 Å². The average molecular weight is 462 g/mol. The van der Waals surface area contributed by atoms with Gasteiger partial charge in [-0.15, -0.1) is 0 Å². The van der Waals surface area contributed by atoms with Gasteiger partial charge >= 0.3 is 0 Å². The molecule has 170 valence electrons. The number of benzene rings is 1. The minimum absolute atomic E-state index is 0.0215. The number of likely N-dealkylation sites (tertiary alicyclic amines) is 1. The number of carbonyl (C=O) groups is 1. The molecule has 1 aliphatic rings. The van der Waals surface area contributed by atoms with Gasteiger partial charge in [-0.25, -0.2) is 21.6 Å². The molecule has 2 rings (SSSR count). The summed E-state index contributed by atoms with van der Waals surface area (Å²) in [5.74, 6) is -0.0159. The van der Waals surface area contributed by atoms with Crippen LogP contribution in [0.2, 0.25) is 0 Å². The second-order valence-corrected chi connectivity index (χ2v) is 11.6. The van der Waals surface area contributed by atoms with Crippen LogP contribution in [0.25, 0.3) is 0 Å². The molecule has 0 aromatic heterocycles. The number of hydrogen-bond donors (Lipinski definition) is 2. The summed E-state index contributed by atoms with van der Waals surface area (Å²) < 4.78 is 55.7. The van der Waals surface area contributed by atoms with Gasteiger partial charge in [0.25, 0.3) is 0 Å². The van der Waals surface area contributed by atoms with Crippen LogP contribution >= 0.6 is 0 Å². The summed E-state index contributed by atoms with van der Waals surface area (Å²) in [6, 6.07) is 5.86. The first-order valence-electron chi connectivity index (χ1n) is 10.1. The van der Waals surface area contributed by atoms with Crippen molar-refractivity contribution in [3.05, 3.63) is 24.3 Å². The molecule has 1 saturated heterocycles. The molecule has 0 radical (unpaired) electrons. The number of sulfone groups is 1. The summed E-state index contributed by atoms with van der Waals surface area (Å²) in [5.41, 5.74) is 5.38. The highest BCUT2D eigenvalue weighted by atomic mass is 32.2. The molecule has 30 heavy (non-hydrogen) atoms. The van der Waals surface area contributed by atoms with Crippen LogP contribution in [0, 0.1) is 5.92 Å². The SMILES string of the molecule is CCS(=O)(=O)CCOc1ccc(S(=O)(=O)NCCCN2CCCC(C(N)=O)C2)cc1. The van der Waals surface area contributed by atoms with Gasteiger partial charge in [-0.3, -0.25) is 4.79 Å². The van der Waals surface area contributed by atoms with Crippen LogP contribution < -0.4 is 15.2 Å². The molecule has 1 aromatic rings. The van der Waals surface area contributed by atoms with Crippen molar-refractivity contribution in [2.45, 2.75) is 31.1 Å². The van der Waals surface area contributed by atoms with Crippen molar-refractivity contribution in [2.75, 3.05) is 44.3 Å². The van der Waals surface area contributed by atoms with Gasteiger partial charge in [-0.2, -0.15) is 0 Å². The first-order valence-corrected chi connectivity index (χ1v) is 13.4. The molecule has 1 heterocycles. The van der Waals surface area contributed by atoms with E-state index in [1.54, 1.807) is 6.92 Å². The first kappa shape index (κ1) is 24.6. The quantitative estimate of drug-likeness (QED) is 0.429. The molecule has 9 nitrogen and oxygen atoms in total. The second kappa shape index (κ2) is 11.1. The van der Waals surface area contributed by atoms with Crippen LogP contribution in [0.4, 0.5) is 0 Å². The molecule has 1 amide bonds. The molecule has 1 aliphatic heterocycles. The molecular weight excluding hydrogens is 430 g/mol. The van der Waals surface area contributed by atoms with Crippen molar-refractivity contribution >= 4 is 25.8 Å². The van der Waals surface area contributed by atoms with Gasteiger partial charge in [0.05, 0.1) is 16.6 Å².